The van der Waals surface area contributed by atoms with Crippen LogP contribution in [0, 0.1) is 18.8 Å². The maximum absolute atomic E-state index is 12.6. The SMILES string of the molecule is CSc1ccc(C)c(C(=O)Nc2cccc(C#Cc3ccccn3)c2)c1. The fraction of sp³-hybridized carbons (Fsp3) is 0.0909. The Morgan fingerprint density at radius 3 is 2.69 bits per heavy atom. The van der Waals surface area contributed by atoms with Gasteiger partial charge in [0.1, 0.15) is 5.69 Å². The van der Waals surface area contributed by atoms with Gasteiger partial charge in [-0.05, 0) is 67.1 Å². The number of aryl methyl sites for hydroxylation is 1. The molecule has 0 fully saturated rings. The number of rotatable bonds is 3. The lowest BCUT2D eigenvalue weighted by Gasteiger charge is -2.09. The van der Waals surface area contributed by atoms with Gasteiger partial charge in [0.05, 0.1) is 0 Å². The number of thioether (sulfide) groups is 1. The number of amides is 1. The largest absolute Gasteiger partial charge is 0.322 e. The number of carbonyl (C=O) groups is 1. The number of nitrogens with one attached hydrogen (secondary N) is 1. The summed E-state index contributed by atoms with van der Waals surface area (Å²) in [5.74, 6) is 5.98. The average Bonchev–Trinajstić information content (AvgIpc) is 2.68. The van der Waals surface area contributed by atoms with Crippen molar-refractivity contribution in [2.45, 2.75) is 11.8 Å². The van der Waals surface area contributed by atoms with Crippen LogP contribution in [-0.4, -0.2) is 17.1 Å². The molecule has 0 atom stereocenters. The monoisotopic (exact) mass is 358 g/mol. The number of hydrogen-bond acceptors (Lipinski definition) is 3. The highest BCUT2D eigenvalue weighted by molar-refractivity contribution is 7.98. The van der Waals surface area contributed by atoms with Crippen molar-refractivity contribution in [1.29, 1.82) is 0 Å². The van der Waals surface area contributed by atoms with Crippen LogP contribution in [0.1, 0.15) is 27.2 Å². The van der Waals surface area contributed by atoms with Gasteiger partial charge in [0, 0.05) is 27.9 Å². The zero-order chi connectivity index (χ0) is 18.4. The van der Waals surface area contributed by atoms with Gasteiger partial charge in [0.25, 0.3) is 5.91 Å². The lowest BCUT2D eigenvalue weighted by atomic mass is 10.1. The van der Waals surface area contributed by atoms with Crippen LogP contribution in [0.15, 0.2) is 71.8 Å². The summed E-state index contributed by atoms with van der Waals surface area (Å²) >= 11 is 1.62. The fourth-order valence-electron chi connectivity index (χ4n) is 2.42. The van der Waals surface area contributed by atoms with Gasteiger partial charge in [-0.3, -0.25) is 4.79 Å². The molecular weight excluding hydrogens is 340 g/mol. The fourth-order valence-corrected chi connectivity index (χ4v) is 2.86. The van der Waals surface area contributed by atoms with Gasteiger partial charge in [-0.15, -0.1) is 11.8 Å². The second-order valence-electron chi connectivity index (χ2n) is 5.68. The Morgan fingerprint density at radius 1 is 1.04 bits per heavy atom. The number of hydrogen-bond donors (Lipinski definition) is 1. The van der Waals surface area contributed by atoms with Crippen molar-refractivity contribution >= 4 is 23.4 Å². The number of benzene rings is 2. The Morgan fingerprint density at radius 2 is 1.92 bits per heavy atom. The van der Waals surface area contributed by atoms with Crippen LogP contribution in [-0.2, 0) is 0 Å². The average molecular weight is 358 g/mol. The lowest BCUT2D eigenvalue weighted by molar-refractivity contribution is 0.102. The van der Waals surface area contributed by atoms with E-state index in [4.69, 9.17) is 0 Å². The molecule has 0 unspecified atom stereocenters. The van der Waals surface area contributed by atoms with Crippen molar-refractivity contribution in [3.05, 3.63) is 89.2 Å². The van der Waals surface area contributed by atoms with Gasteiger partial charge in [0.2, 0.25) is 0 Å². The predicted octanol–water partition coefficient (Wildman–Crippen LogP) is 4.76. The molecule has 1 amide bonds. The summed E-state index contributed by atoms with van der Waals surface area (Å²) in [5.41, 5.74) is 3.89. The van der Waals surface area contributed by atoms with Crippen molar-refractivity contribution < 1.29 is 4.79 Å². The molecule has 4 heteroatoms. The Kier molecular flexibility index (Phi) is 5.73. The van der Waals surface area contributed by atoms with E-state index in [-0.39, 0.29) is 5.91 Å². The van der Waals surface area contributed by atoms with Gasteiger partial charge >= 0.3 is 0 Å². The minimum Gasteiger partial charge on any atom is -0.322 e. The lowest BCUT2D eigenvalue weighted by Crippen LogP contribution is -2.13. The molecule has 0 saturated carbocycles. The molecule has 128 valence electrons. The first-order valence-electron chi connectivity index (χ1n) is 8.15. The first-order chi connectivity index (χ1) is 12.7. The molecule has 3 aromatic rings. The zero-order valence-corrected chi connectivity index (χ0v) is 15.4. The number of aromatic nitrogens is 1. The van der Waals surface area contributed by atoms with Crippen LogP contribution in [0.2, 0.25) is 0 Å². The summed E-state index contributed by atoms with van der Waals surface area (Å²) in [5, 5.41) is 2.96. The Labute approximate surface area is 157 Å². The topological polar surface area (TPSA) is 42.0 Å². The van der Waals surface area contributed by atoms with E-state index in [9.17, 15) is 4.79 Å². The highest BCUT2D eigenvalue weighted by atomic mass is 32.2. The van der Waals surface area contributed by atoms with Gasteiger partial charge in [-0.25, -0.2) is 4.98 Å². The first kappa shape index (κ1) is 17.8. The predicted molar refractivity (Wildman–Crippen MR) is 108 cm³/mol. The van der Waals surface area contributed by atoms with E-state index in [1.165, 1.54) is 0 Å². The minimum atomic E-state index is -0.117. The molecule has 3 nitrogen and oxygen atoms in total. The molecule has 1 aromatic heterocycles. The number of nitrogens with zero attached hydrogens (tertiary/aromatic N) is 1. The Bertz CT molecular complexity index is 988. The molecule has 0 aliphatic carbocycles. The molecule has 0 aliphatic heterocycles. The molecule has 0 aliphatic rings. The Balaban J connectivity index is 1.79. The summed E-state index contributed by atoms with van der Waals surface area (Å²) < 4.78 is 0. The smallest absolute Gasteiger partial charge is 0.255 e. The molecule has 1 heterocycles. The van der Waals surface area contributed by atoms with Crippen LogP contribution in [0.5, 0.6) is 0 Å². The van der Waals surface area contributed by atoms with E-state index in [0.717, 1.165) is 21.7 Å². The molecule has 0 bridgehead atoms. The number of carbonyl (C=O) groups excluding carboxylic acids is 1. The quantitative estimate of drug-likeness (QED) is 0.542. The van der Waals surface area contributed by atoms with Crippen molar-refractivity contribution in [2.75, 3.05) is 11.6 Å². The maximum atomic E-state index is 12.6. The molecule has 1 N–H and O–H groups in total. The van der Waals surface area contributed by atoms with Crippen molar-refractivity contribution in [3.63, 3.8) is 0 Å². The molecule has 3 rings (SSSR count). The second-order valence-corrected chi connectivity index (χ2v) is 6.56. The van der Waals surface area contributed by atoms with Gasteiger partial charge in [0.15, 0.2) is 0 Å². The third-order valence-corrected chi connectivity index (χ3v) is 4.53. The van der Waals surface area contributed by atoms with E-state index < -0.39 is 0 Å². The summed E-state index contributed by atoms with van der Waals surface area (Å²) in [6, 6.07) is 19.0. The normalized spacial score (nSPS) is 9.92. The van der Waals surface area contributed by atoms with Gasteiger partial charge in [-0.1, -0.05) is 24.1 Å². The Hall–Kier alpha value is -3.03. The molecule has 26 heavy (non-hydrogen) atoms. The summed E-state index contributed by atoms with van der Waals surface area (Å²) in [7, 11) is 0. The van der Waals surface area contributed by atoms with E-state index in [2.05, 4.69) is 22.1 Å². The minimum absolute atomic E-state index is 0.117. The summed E-state index contributed by atoms with van der Waals surface area (Å²) in [6.07, 6.45) is 3.71. The van der Waals surface area contributed by atoms with Crippen molar-refractivity contribution in [3.8, 4) is 11.8 Å². The van der Waals surface area contributed by atoms with Crippen LogP contribution in [0.4, 0.5) is 5.69 Å². The molecule has 2 aromatic carbocycles. The zero-order valence-electron chi connectivity index (χ0n) is 14.6. The number of pyridine rings is 1. The third kappa shape index (κ3) is 4.53. The van der Waals surface area contributed by atoms with Gasteiger partial charge in [-0.2, -0.15) is 0 Å². The second kappa shape index (κ2) is 8.37. The van der Waals surface area contributed by atoms with Gasteiger partial charge < -0.3 is 5.32 Å². The number of anilines is 1. The molecular formula is C22H18N2OS. The molecule has 0 spiro atoms. The van der Waals surface area contributed by atoms with E-state index in [1.54, 1.807) is 18.0 Å². The standard InChI is InChI=1S/C22H18N2OS/c1-16-9-12-20(26-2)15-21(16)22(25)24-19-8-5-6-17(14-19)10-11-18-7-3-4-13-23-18/h3-9,12-15H,1-2H3,(H,24,25). The van der Waals surface area contributed by atoms with E-state index >= 15 is 0 Å². The summed E-state index contributed by atoms with van der Waals surface area (Å²) in [4.78, 5) is 17.9. The molecule has 0 saturated heterocycles. The van der Waals surface area contributed by atoms with E-state index in [1.807, 2.05) is 73.8 Å². The van der Waals surface area contributed by atoms with Crippen molar-refractivity contribution in [2.24, 2.45) is 0 Å². The van der Waals surface area contributed by atoms with Crippen LogP contribution in [0.25, 0.3) is 0 Å². The summed E-state index contributed by atoms with van der Waals surface area (Å²) in [6.45, 7) is 1.94. The van der Waals surface area contributed by atoms with Crippen LogP contribution < -0.4 is 5.32 Å². The third-order valence-electron chi connectivity index (χ3n) is 3.81. The highest BCUT2D eigenvalue weighted by Crippen LogP contribution is 2.20. The van der Waals surface area contributed by atoms with Crippen molar-refractivity contribution in [1.82, 2.24) is 4.98 Å². The maximum Gasteiger partial charge on any atom is 0.255 e. The molecule has 0 radical (unpaired) electrons. The van der Waals surface area contributed by atoms with Crippen LogP contribution >= 0.6 is 11.8 Å². The highest BCUT2D eigenvalue weighted by Gasteiger charge is 2.10. The van der Waals surface area contributed by atoms with E-state index in [0.29, 0.717) is 11.3 Å². The first-order valence-corrected chi connectivity index (χ1v) is 9.37. The van der Waals surface area contributed by atoms with Crippen LogP contribution in [0.3, 0.4) is 0 Å².